The van der Waals surface area contributed by atoms with Gasteiger partial charge in [0.2, 0.25) is 11.5 Å². The average Bonchev–Trinajstić information content (AvgIpc) is 3.25. The van der Waals surface area contributed by atoms with Gasteiger partial charge in [0.25, 0.3) is 0 Å². The molecule has 1 aromatic rings. The second kappa shape index (κ2) is 5.63. The van der Waals surface area contributed by atoms with Crippen LogP contribution < -0.4 is 4.74 Å². The third kappa shape index (κ3) is 2.07. The lowest BCUT2D eigenvalue weighted by Gasteiger charge is -2.10. The van der Waals surface area contributed by atoms with Gasteiger partial charge in [-0.25, -0.2) is 0 Å². The Morgan fingerprint density at radius 1 is 1.09 bits per heavy atom. The van der Waals surface area contributed by atoms with Gasteiger partial charge in [-0.05, 0) is 17.7 Å². The van der Waals surface area contributed by atoms with Crippen LogP contribution in [0.15, 0.2) is 24.3 Å². The lowest BCUT2D eigenvalue weighted by Crippen LogP contribution is -2.34. The first kappa shape index (κ1) is 15.7. The number of hydrogen-bond acceptors (Lipinski definition) is 7. The van der Waals surface area contributed by atoms with Crippen molar-refractivity contribution < 1.29 is 28.7 Å². The van der Waals surface area contributed by atoms with Crippen LogP contribution in [0.3, 0.4) is 0 Å². The van der Waals surface area contributed by atoms with Crippen LogP contribution in [0.4, 0.5) is 0 Å². The molecule has 2 rings (SSSR count). The summed E-state index contributed by atoms with van der Waals surface area (Å²) in [6.45, 7) is 0. The fourth-order valence-electron chi connectivity index (χ4n) is 2.83. The number of nitro groups is 1. The highest BCUT2D eigenvalue weighted by molar-refractivity contribution is 6.06. The highest BCUT2D eigenvalue weighted by Crippen LogP contribution is 2.62. The second-order valence-corrected chi connectivity index (χ2v) is 4.83. The molecule has 0 saturated heterocycles. The number of esters is 2. The van der Waals surface area contributed by atoms with E-state index in [-0.39, 0.29) is 0 Å². The zero-order chi connectivity index (χ0) is 16.5. The van der Waals surface area contributed by atoms with E-state index in [1.807, 2.05) is 0 Å². The van der Waals surface area contributed by atoms with Crippen LogP contribution >= 0.6 is 0 Å². The molecule has 1 aliphatic carbocycles. The highest BCUT2D eigenvalue weighted by Gasteiger charge is 2.85. The Kier molecular flexibility index (Phi) is 4.03. The molecule has 0 spiro atoms. The molecule has 22 heavy (non-hydrogen) atoms. The van der Waals surface area contributed by atoms with E-state index in [9.17, 15) is 19.7 Å². The minimum absolute atomic E-state index is 0.471. The van der Waals surface area contributed by atoms with Crippen molar-refractivity contribution >= 4 is 11.9 Å². The summed E-state index contributed by atoms with van der Waals surface area (Å²) >= 11 is 0. The van der Waals surface area contributed by atoms with E-state index in [1.54, 1.807) is 24.3 Å². The predicted octanol–water partition coefficient (Wildman–Crippen LogP) is 0.770. The van der Waals surface area contributed by atoms with Crippen molar-refractivity contribution in [2.45, 2.75) is 12.0 Å². The van der Waals surface area contributed by atoms with E-state index >= 15 is 0 Å². The molecule has 0 radical (unpaired) electrons. The third-order valence-corrected chi connectivity index (χ3v) is 3.91. The Labute approximate surface area is 126 Å². The molecule has 0 N–H and O–H groups in total. The summed E-state index contributed by atoms with van der Waals surface area (Å²) in [5, 5.41) is 11.3. The van der Waals surface area contributed by atoms with Gasteiger partial charge in [0.15, 0.2) is 0 Å². The van der Waals surface area contributed by atoms with Gasteiger partial charge in [0.1, 0.15) is 5.75 Å². The Morgan fingerprint density at radius 2 is 1.59 bits per heavy atom. The van der Waals surface area contributed by atoms with Crippen molar-refractivity contribution in [1.82, 2.24) is 0 Å². The smallest absolute Gasteiger partial charge is 0.331 e. The maximum absolute atomic E-state index is 12.1. The van der Waals surface area contributed by atoms with Crippen molar-refractivity contribution in [3.05, 3.63) is 39.9 Å². The maximum atomic E-state index is 12.1. The molecule has 8 nitrogen and oxygen atoms in total. The Hall–Kier alpha value is -2.64. The Bertz CT molecular complexity index is 594. The standard InChI is InChI=1S/C14H15NO7/c1-20-9-6-4-8(5-7-9)10-11(15(18)19)14(10,12(16)21-2)13(17)22-3/h4-7,10-11H,1-3H3/t10-,11-/m1/s1. The molecule has 118 valence electrons. The SMILES string of the molecule is COC(=O)C1(C(=O)OC)[C@H](c2ccc(OC)cc2)[C@H]1[N+](=O)[O-]. The van der Waals surface area contributed by atoms with E-state index in [0.29, 0.717) is 11.3 Å². The van der Waals surface area contributed by atoms with E-state index in [1.165, 1.54) is 7.11 Å². The molecular weight excluding hydrogens is 294 g/mol. The first-order valence-corrected chi connectivity index (χ1v) is 6.39. The van der Waals surface area contributed by atoms with Crippen molar-refractivity contribution in [1.29, 1.82) is 0 Å². The maximum Gasteiger partial charge on any atom is 0.331 e. The molecule has 1 fully saturated rings. The van der Waals surface area contributed by atoms with Gasteiger partial charge in [0, 0.05) is 4.92 Å². The number of nitrogens with zero attached hydrogens (tertiary/aromatic N) is 1. The quantitative estimate of drug-likeness (QED) is 0.342. The van der Waals surface area contributed by atoms with Crippen LogP contribution in [-0.4, -0.2) is 44.2 Å². The molecule has 0 heterocycles. The minimum Gasteiger partial charge on any atom is -0.497 e. The van der Waals surface area contributed by atoms with Gasteiger partial charge >= 0.3 is 11.9 Å². The van der Waals surface area contributed by atoms with Gasteiger partial charge in [-0.1, -0.05) is 12.1 Å². The number of carbonyl (C=O) groups excluding carboxylic acids is 2. The number of benzene rings is 1. The third-order valence-electron chi connectivity index (χ3n) is 3.91. The van der Waals surface area contributed by atoms with E-state index in [2.05, 4.69) is 9.47 Å². The lowest BCUT2D eigenvalue weighted by atomic mass is 9.99. The van der Waals surface area contributed by atoms with Gasteiger partial charge in [-0.2, -0.15) is 0 Å². The monoisotopic (exact) mass is 309 g/mol. The first-order chi connectivity index (χ1) is 10.4. The van der Waals surface area contributed by atoms with Crippen molar-refractivity contribution in [3.63, 3.8) is 0 Å². The number of rotatable bonds is 5. The van der Waals surface area contributed by atoms with E-state index in [0.717, 1.165) is 14.2 Å². The first-order valence-electron chi connectivity index (χ1n) is 6.39. The van der Waals surface area contributed by atoms with Crippen LogP contribution in [0, 0.1) is 15.5 Å². The molecule has 0 aliphatic heterocycles. The molecule has 0 unspecified atom stereocenters. The number of hydrogen-bond donors (Lipinski definition) is 0. The van der Waals surface area contributed by atoms with E-state index < -0.39 is 34.2 Å². The minimum atomic E-state index is -1.94. The Morgan fingerprint density at radius 3 is 1.95 bits per heavy atom. The molecule has 1 aromatic carbocycles. The molecule has 0 aromatic heterocycles. The molecular formula is C14H15NO7. The molecule has 1 saturated carbocycles. The summed E-state index contributed by atoms with van der Waals surface area (Å²) in [4.78, 5) is 34.8. The fraction of sp³-hybridized carbons (Fsp3) is 0.429. The molecule has 0 amide bonds. The largest absolute Gasteiger partial charge is 0.497 e. The second-order valence-electron chi connectivity index (χ2n) is 4.83. The zero-order valence-electron chi connectivity index (χ0n) is 12.3. The summed E-state index contributed by atoms with van der Waals surface area (Å²) in [6.07, 6.45) is 0. The summed E-state index contributed by atoms with van der Waals surface area (Å²) in [6, 6.07) is 4.94. The lowest BCUT2D eigenvalue weighted by molar-refractivity contribution is -0.501. The van der Waals surface area contributed by atoms with Gasteiger partial charge in [-0.3, -0.25) is 19.7 Å². The normalized spacial score (nSPS) is 21.6. The predicted molar refractivity (Wildman–Crippen MR) is 73.0 cm³/mol. The molecule has 2 atom stereocenters. The number of carbonyl (C=O) groups is 2. The summed E-state index contributed by atoms with van der Waals surface area (Å²) < 4.78 is 14.2. The van der Waals surface area contributed by atoms with Crippen molar-refractivity contribution in [2.75, 3.05) is 21.3 Å². The number of ether oxygens (including phenoxy) is 3. The van der Waals surface area contributed by atoms with Gasteiger partial charge in [0.05, 0.1) is 27.2 Å². The van der Waals surface area contributed by atoms with Gasteiger partial charge in [-0.15, -0.1) is 0 Å². The zero-order valence-corrected chi connectivity index (χ0v) is 12.3. The average molecular weight is 309 g/mol. The summed E-state index contributed by atoms with van der Waals surface area (Å²) in [7, 11) is 3.64. The van der Waals surface area contributed by atoms with Crippen LogP contribution in [0.1, 0.15) is 11.5 Å². The van der Waals surface area contributed by atoms with E-state index in [4.69, 9.17) is 4.74 Å². The molecule has 8 heteroatoms. The fourth-order valence-corrected chi connectivity index (χ4v) is 2.83. The summed E-state index contributed by atoms with van der Waals surface area (Å²) in [5.41, 5.74) is -1.47. The van der Waals surface area contributed by atoms with Crippen LogP contribution in [-0.2, 0) is 19.1 Å². The van der Waals surface area contributed by atoms with Crippen molar-refractivity contribution in [3.8, 4) is 5.75 Å². The van der Waals surface area contributed by atoms with Crippen LogP contribution in [0.25, 0.3) is 0 Å². The molecule has 1 aliphatic rings. The summed E-state index contributed by atoms with van der Waals surface area (Å²) in [5.74, 6) is -2.32. The van der Waals surface area contributed by atoms with Crippen LogP contribution in [0.5, 0.6) is 5.75 Å². The topological polar surface area (TPSA) is 105 Å². The van der Waals surface area contributed by atoms with Crippen molar-refractivity contribution in [2.24, 2.45) is 5.41 Å². The molecule has 0 bridgehead atoms. The highest BCUT2D eigenvalue weighted by atomic mass is 16.6. The Balaban J connectivity index is 2.49. The van der Waals surface area contributed by atoms with Crippen LogP contribution in [0.2, 0.25) is 0 Å². The number of methoxy groups -OCH3 is 3. The van der Waals surface area contributed by atoms with Gasteiger partial charge < -0.3 is 14.2 Å².